The molecule has 2 aliphatic rings. The van der Waals surface area contributed by atoms with Crippen molar-refractivity contribution in [2.75, 3.05) is 20.2 Å². The normalized spacial score (nSPS) is 25.9. The average Bonchev–Trinajstić information content (AvgIpc) is 2.51. The van der Waals surface area contributed by atoms with Gasteiger partial charge in [-0.2, -0.15) is 0 Å². The molecule has 1 aliphatic carbocycles. The molecule has 138 valence electrons. The van der Waals surface area contributed by atoms with Crippen LogP contribution in [0.5, 0.6) is 0 Å². The van der Waals surface area contributed by atoms with Gasteiger partial charge in [0.2, 0.25) is 0 Å². The molecule has 1 aromatic rings. The van der Waals surface area contributed by atoms with Gasteiger partial charge in [-0.1, -0.05) is 24.3 Å². The van der Waals surface area contributed by atoms with Gasteiger partial charge in [0.05, 0.1) is 12.1 Å². The van der Waals surface area contributed by atoms with E-state index in [-0.39, 0.29) is 12.1 Å². The SMILES string of the molecule is COC1CC(NCC2c3ccccc3CCN2C(=O)OC(C)(C)C)C1. The van der Waals surface area contributed by atoms with Gasteiger partial charge in [0.1, 0.15) is 5.60 Å². The van der Waals surface area contributed by atoms with Crippen LogP contribution in [0.2, 0.25) is 0 Å². The number of ether oxygens (including phenoxy) is 2. The summed E-state index contributed by atoms with van der Waals surface area (Å²) in [6.45, 7) is 7.18. The third-order valence-corrected chi connectivity index (χ3v) is 5.07. The molecular formula is C20H30N2O3. The molecule has 25 heavy (non-hydrogen) atoms. The van der Waals surface area contributed by atoms with Crippen LogP contribution in [-0.2, 0) is 15.9 Å². The molecule has 0 aromatic heterocycles. The standard InChI is InChI=1S/C20H30N2O3/c1-20(2,3)25-19(23)22-10-9-14-7-5-6-8-17(14)18(22)13-21-15-11-16(12-15)24-4/h5-8,15-16,18,21H,9-13H2,1-4H3. The molecule has 5 heteroatoms. The summed E-state index contributed by atoms with van der Waals surface area (Å²) >= 11 is 0. The van der Waals surface area contributed by atoms with Gasteiger partial charge in [0, 0.05) is 26.2 Å². The van der Waals surface area contributed by atoms with E-state index < -0.39 is 5.60 Å². The van der Waals surface area contributed by atoms with Crippen LogP contribution < -0.4 is 5.32 Å². The second kappa shape index (κ2) is 7.34. The second-order valence-electron chi connectivity index (χ2n) is 8.07. The van der Waals surface area contributed by atoms with Gasteiger partial charge < -0.3 is 14.8 Å². The molecule has 0 radical (unpaired) electrons. The first-order valence-electron chi connectivity index (χ1n) is 9.21. The summed E-state index contributed by atoms with van der Waals surface area (Å²) in [5.41, 5.74) is 2.08. The Labute approximate surface area is 150 Å². The third-order valence-electron chi connectivity index (χ3n) is 5.07. The van der Waals surface area contributed by atoms with E-state index in [1.807, 2.05) is 25.7 Å². The molecule has 3 rings (SSSR count). The maximum Gasteiger partial charge on any atom is 0.410 e. The summed E-state index contributed by atoms with van der Waals surface area (Å²) in [5.74, 6) is 0. The summed E-state index contributed by atoms with van der Waals surface area (Å²) in [6.07, 6.45) is 3.10. The molecule has 1 atom stereocenters. The molecule has 1 amide bonds. The number of nitrogens with zero attached hydrogens (tertiary/aromatic N) is 1. The first-order valence-corrected chi connectivity index (χ1v) is 9.21. The molecular weight excluding hydrogens is 316 g/mol. The van der Waals surface area contributed by atoms with Crippen molar-refractivity contribution in [3.8, 4) is 0 Å². The maximum absolute atomic E-state index is 12.7. The zero-order chi connectivity index (χ0) is 18.0. The fourth-order valence-electron chi connectivity index (χ4n) is 3.61. The lowest BCUT2D eigenvalue weighted by atomic mass is 9.88. The van der Waals surface area contributed by atoms with Crippen LogP contribution in [-0.4, -0.2) is 48.9 Å². The monoisotopic (exact) mass is 346 g/mol. The van der Waals surface area contributed by atoms with E-state index in [4.69, 9.17) is 9.47 Å². The zero-order valence-electron chi connectivity index (χ0n) is 15.7. The number of fused-ring (bicyclic) bond motifs is 1. The Hall–Kier alpha value is -1.59. The minimum atomic E-state index is -0.480. The Morgan fingerprint density at radius 1 is 1.28 bits per heavy atom. The Morgan fingerprint density at radius 3 is 2.68 bits per heavy atom. The highest BCUT2D eigenvalue weighted by Gasteiger charge is 2.35. The average molecular weight is 346 g/mol. The van der Waals surface area contributed by atoms with E-state index in [0.29, 0.717) is 18.7 Å². The molecule has 0 saturated heterocycles. The van der Waals surface area contributed by atoms with Crippen LogP contribution in [0, 0.1) is 0 Å². The number of rotatable bonds is 4. The summed E-state index contributed by atoms with van der Waals surface area (Å²) in [4.78, 5) is 14.6. The second-order valence-corrected chi connectivity index (χ2v) is 8.07. The van der Waals surface area contributed by atoms with E-state index in [1.165, 1.54) is 11.1 Å². The number of benzene rings is 1. The quantitative estimate of drug-likeness (QED) is 0.909. The molecule has 5 nitrogen and oxygen atoms in total. The molecule has 1 aromatic carbocycles. The number of carbonyl (C=O) groups is 1. The summed E-state index contributed by atoms with van der Waals surface area (Å²) < 4.78 is 11.0. The molecule has 1 aliphatic heterocycles. The van der Waals surface area contributed by atoms with E-state index >= 15 is 0 Å². The van der Waals surface area contributed by atoms with Crippen molar-refractivity contribution in [3.63, 3.8) is 0 Å². The van der Waals surface area contributed by atoms with E-state index in [9.17, 15) is 4.79 Å². The molecule has 1 fully saturated rings. The number of amides is 1. The van der Waals surface area contributed by atoms with Gasteiger partial charge in [-0.05, 0) is 51.2 Å². The topological polar surface area (TPSA) is 50.8 Å². The summed E-state index contributed by atoms with van der Waals surface area (Å²) in [5, 5.41) is 3.61. The molecule has 1 N–H and O–H groups in total. The number of methoxy groups -OCH3 is 1. The highest BCUT2D eigenvalue weighted by molar-refractivity contribution is 5.69. The number of hydrogen-bond donors (Lipinski definition) is 1. The Bertz CT molecular complexity index is 605. The zero-order valence-corrected chi connectivity index (χ0v) is 15.7. The van der Waals surface area contributed by atoms with Crippen molar-refractivity contribution in [2.45, 2.75) is 63.8 Å². The van der Waals surface area contributed by atoms with Gasteiger partial charge in [-0.25, -0.2) is 4.79 Å². The third kappa shape index (κ3) is 4.33. The first kappa shape index (κ1) is 18.2. The molecule has 1 unspecified atom stereocenters. The van der Waals surface area contributed by atoms with Gasteiger partial charge in [-0.15, -0.1) is 0 Å². The van der Waals surface area contributed by atoms with E-state index in [0.717, 1.165) is 25.8 Å². The number of hydrogen-bond acceptors (Lipinski definition) is 4. The highest BCUT2D eigenvalue weighted by atomic mass is 16.6. The predicted octanol–water partition coefficient (Wildman–Crippen LogP) is 3.29. The smallest absolute Gasteiger partial charge is 0.410 e. The fourth-order valence-corrected chi connectivity index (χ4v) is 3.61. The Balaban J connectivity index is 1.72. The molecule has 1 saturated carbocycles. The van der Waals surface area contributed by atoms with Gasteiger partial charge >= 0.3 is 6.09 Å². The number of nitrogens with one attached hydrogen (secondary N) is 1. The predicted molar refractivity (Wildman–Crippen MR) is 97.6 cm³/mol. The molecule has 0 bridgehead atoms. The Kier molecular flexibility index (Phi) is 5.35. The largest absolute Gasteiger partial charge is 0.444 e. The van der Waals surface area contributed by atoms with Gasteiger partial charge in [0.25, 0.3) is 0 Å². The van der Waals surface area contributed by atoms with Gasteiger partial charge in [-0.3, -0.25) is 4.90 Å². The summed E-state index contributed by atoms with van der Waals surface area (Å²) in [7, 11) is 1.77. The van der Waals surface area contributed by atoms with Crippen molar-refractivity contribution in [1.29, 1.82) is 0 Å². The highest BCUT2D eigenvalue weighted by Crippen LogP contribution is 2.31. The summed E-state index contributed by atoms with van der Waals surface area (Å²) in [6, 6.07) is 8.91. The van der Waals surface area contributed by atoms with E-state index in [2.05, 4.69) is 29.6 Å². The van der Waals surface area contributed by atoms with Crippen molar-refractivity contribution in [1.82, 2.24) is 10.2 Å². The first-order chi connectivity index (χ1) is 11.9. The van der Waals surface area contributed by atoms with Crippen LogP contribution in [0.1, 0.15) is 50.8 Å². The van der Waals surface area contributed by atoms with E-state index in [1.54, 1.807) is 7.11 Å². The van der Waals surface area contributed by atoms with Crippen molar-refractivity contribution in [2.24, 2.45) is 0 Å². The van der Waals surface area contributed by atoms with Crippen LogP contribution >= 0.6 is 0 Å². The minimum Gasteiger partial charge on any atom is -0.444 e. The van der Waals surface area contributed by atoms with Gasteiger partial charge in [0.15, 0.2) is 0 Å². The molecule has 1 heterocycles. The van der Waals surface area contributed by atoms with Crippen molar-refractivity contribution in [3.05, 3.63) is 35.4 Å². The van der Waals surface area contributed by atoms with Crippen LogP contribution in [0.25, 0.3) is 0 Å². The molecule has 0 spiro atoms. The van der Waals surface area contributed by atoms with Crippen molar-refractivity contribution >= 4 is 6.09 Å². The Morgan fingerprint density at radius 2 is 2.00 bits per heavy atom. The lowest BCUT2D eigenvalue weighted by Gasteiger charge is -2.41. The minimum absolute atomic E-state index is 0.0152. The van der Waals surface area contributed by atoms with Crippen LogP contribution in [0.4, 0.5) is 4.79 Å². The van der Waals surface area contributed by atoms with Crippen molar-refractivity contribution < 1.29 is 14.3 Å². The maximum atomic E-state index is 12.7. The lowest BCUT2D eigenvalue weighted by molar-refractivity contribution is 0.00540. The number of carbonyl (C=O) groups excluding carboxylic acids is 1. The van der Waals surface area contributed by atoms with Crippen LogP contribution in [0.15, 0.2) is 24.3 Å². The van der Waals surface area contributed by atoms with Crippen LogP contribution in [0.3, 0.4) is 0 Å². The lowest BCUT2D eigenvalue weighted by Crippen LogP contribution is -2.51. The fraction of sp³-hybridized carbons (Fsp3) is 0.650.